The van der Waals surface area contributed by atoms with Gasteiger partial charge in [0, 0.05) is 18.9 Å². The molecule has 0 aromatic carbocycles. The summed E-state index contributed by atoms with van der Waals surface area (Å²) < 4.78 is 5.19. The first-order chi connectivity index (χ1) is 10.6. The molecule has 1 aromatic heterocycles. The summed E-state index contributed by atoms with van der Waals surface area (Å²) in [7, 11) is 0. The van der Waals surface area contributed by atoms with Gasteiger partial charge >= 0.3 is 12.1 Å². The summed E-state index contributed by atoms with van der Waals surface area (Å²) in [6.45, 7) is 8.96. The first kappa shape index (κ1) is 18.9. The maximum absolute atomic E-state index is 12.0. The Hall–Kier alpha value is -2.11. The van der Waals surface area contributed by atoms with E-state index in [9.17, 15) is 14.7 Å². The minimum absolute atomic E-state index is 0.00274. The van der Waals surface area contributed by atoms with E-state index in [1.807, 2.05) is 13.8 Å². The lowest BCUT2D eigenvalue weighted by Gasteiger charge is -2.34. The number of amides is 1. The standard InChI is InChI=1S/C17H26N2O4/c1-12(2)17(14(20)21,10-13-6-8-18-9-7-13)11-19-15(22)23-16(3,4)5/h6-9,12H,10-11H2,1-5H3,(H,19,22)(H,20,21). The molecule has 1 rings (SSSR count). The molecule has 1 amide bonds. The number of aromatic nitrogens is 1. The van der Waals surface area contributed by atoms with Crippen molar-refractivity contribution in [3.63, 3.8) is 0 Å². The Balaban J connectivity index is 2.92. The van der Waals surface area contributed by atoms with Crippen LogP contribution < -0.4 is 5.32 Å². The lowest BCUT2D eigenvalue weighted by Crippen LogP contribution is -2.49. The number of ether oxygens (including phenoxy) is 1. The van der Waals surface area contributed by atoms with Gasteiger partial charge < -0.3 is 15.2 Å². The first-order valence-corrected chi connectivity index (χ1v) is 7.66. The number of carboxylic acid groups (broad SMARTS) is 1. The highest BCUT2D eigenvalue weighted by molar-refractivity contribution is 5.77. The van der Waals surface area contributed by atoms with Crippen LogP contribution in [0.3, 0.4) is 0 Å². The largest absolute Gasteiger partial charge is 0.481 e. The fraction of sp³-hybridized carbons (Fsp3) is 0.588. The Morgan fingerprint density at radius 3 is 2.26 bits per heavy atom. The first-order valence-electron chi connectivity index (χ1n) is 7.66. The molecule has 0 aliphatic rings. The molecule has 2 N–H and O–H groups in total. The SMILES string of the molecule is CC(C)C(CNC(=O)OC(C)(C)C)(Cc1ccncc1)C(=O)O. The third-order valence-corrected chi connectivity index (χ3v) is 3.75. The van der Waals surface area contributed by atoms with Crippen LogP contribution >= 0.6 is 0 Å². The van der Waals surface area contributed by atoms with Crippen molar-refractivity contribution < 1.29 is 19.4 Å². The second-order valence-corrected chi connectivity index (χ2v) is 7.00. The molecule has 0 bridgehead atoms. The zero-order valence-electron chi connectivity index (χ0n) is 14.4. The fourth-order valence-electron chi connectivity index (χ4n) is 2.28. The van der Waals surface area contributed by atoms with Crippen LogP contribution in [-0.2, 0) is 16.0 Å². The Labute approximate surface area is 137 Å². The minimum atomic E-state index is -1.11. The molecule has 0 saturated heterocycles. The van der Waals surface area contributed by atoms with E-state index in [1.165, 1.54) is 0 Å². The fourth-order valence-corrected chi connectivity index (χ4v) is 2.28. The molecule has 1 heterocycles. The number of nitrogens with zero attached hydrogens (tertiary/aromatic N) is 1. The Morgan fingerprint density at radius 1 is 1.26 bits per heavy atom. The summed E-state index contributed by atoms with van der Waals surface area (Å²) in [6.07, 6.45) is 2.95. The van der Waals surface area contributed by atoms with E-state index in [4.69, 9.17) is 4.74 Å². The molecular formula is C17H26N2O4. The summed E-state index contributed by atoms with van der Waals surface area (Å²) in [5.41, 5.74) is -0.876. The highest BCUT2D eigenvalue weighted by Crippen LogP contribution is 2.32. The van der Waals surface area contributed by atoms with Gasteiger partial charge in [-0.25, -0.2) is 4.79 Å². The van der Waals surface area contributed by atoms with E-state index in [2.05, 4.69) is 10.3 Å². The number of carboxylic acids is 1. The van der Waals surface area contributed by atoms with Gasteiger partial charge in [-0.3, -0.25) is 9.78 Å². The molecule has 1 atom stereocenters. The molecule has 0 aliphatic carbocycles. The maximum Gasteiger partial charge on any atom is 0.407 e. The van der Waals surface area contributed by atoms with Crippen molar-refractivity contribution in [3.8, 4) is 0 Å². The molecule has 6 nitrogen and oxygen atoms in total. The lowest BCUT2D eigenvalue weighted by molar-refractivity contribution is -0.151. The lowest BCUT2D eigenvalue weighted by atomic mass is 9.72. The molecule has 0 fully saturated rings. The molecule has 0 radical (unpaired) electrons. The Morgan fingerprint density at radius 2 is 1.83 bits per heavy atom. The van der Waals surface area contributed by atoms with Crippen LogP contribution in [0.4, 0.5) is 4.79 Å². The van der Waals surface area contributed by atoms with Gasteiger partial charge in [0.1, 0.15) is 5.60 Å². The van der Waals surface area contributed by atoms with Crippen molar-refractivity contribution in [2.24, 2.45) is 11.3 Å². The second-order valence-electron chi connectivity index (χ2n) is 7.00. The van der Waals surface area contributed by atoms with E-state index in [-0.39, 0.29) is 12.5 Å². The third-order valence-electron chi connectivity index (χ3n) is 3.75. The van der Waals surface area contributed by atoms with E-state index < -0.39 is 23.1 Å². The normalized spacial score (nSPS) is 14.2. The van der Waals surface area contributed by atoms with Crippen LogP contribution in [0, 0.1) is 11.3 Å². The van der Waals surface area contributed by atoms with Crippen molar-refractivity contribution in [2.45, 2.75) is 46.6 Å². The number of rotatable bonds is 6. The Bertz CT molecular complexity index is 537. The number of hydrogen-bond acceptors (Lipinski definition) is 4. The number of alkyl carbamates (subject to hydrolysis) is 1. The van der Waals surface area contributed by atoms with Crippen LogP contribution in [0.25, 0.3) is 0 Å². The highest BCUT2D eigenvalue weighted by atomic mass is 16.6. The Kier molecular flexibility index (Phi) is 6.12. The van der Waals surface area contributed by atoms with Crippen molar-refractivity contribution in [1.29, 1.82) is 0 Å². The predicted molar refractivity (Wildman–Crippen MR) is 87.1 cm³/mol. The number of pyridine rings is 1. The number of carbonyl (C=O) groups excluding carboxylic acids is 1. The number of hydrogen-bond donors (Lipinski definition) is 2. The van der Waals surface area contributed by atoms with Crippen molar-refractivity contribution in [1.82, 2.24) is 10.3 Å². The molecule has 0 aliphatic heterocycles. The monoisotopic (exact) mass is 322 g/mol. The van der Waals surface area contributed by atoms with Crippen molar-refractivity contribution in [2.75, 3.05) is 6.54 Å². The average Bonchev–Trinajstić information content (AvgIpc) is 2.42. The van der Waals surface area contributed by atoms with Gasteiger partial charge in [-0.1, -0.05) is 13.8 Å². The molecule has 1 unspecified atom stereocenters. The van der Waals surface area contributed by atoms with Gasteiger partial charge in [0.2, 0.25) is 0 Å². The van der Waals surface area contributed by atoms with Crippen LogP contribution in [0.1, 0.15) is 40.2 Å². The quantitative estimate of drug-likeness (QED) is 0.840. The zero-order valence-corrected chi connectivity index (χ0v) is 14.4. The summed E-state index contributed by atoms with van der Waals surface area (Å²) in [4.78, 5) is 27.8. The van der Waals surface area contributed by atoms with Gasteiger partial charge in [-0.2, -0.15) is 0 Å². The summed E-state index contributed by atoms with van der Waals surface area (Å²) in [5.74, 6) is -1.12. The molecule has 1 aromatic rings. The van der Waals surface area contributed by atoms with Crippen molar-refractivity contribution >= 4 is 12.1 Å². The predicted octanol–water partition coefficient (Wildman–Crippen LogP) is 2.88. The van der Waals surface area contributed by atoms with Crippen LogP contribution in [0.15, 0.2) is 24.5 Å². The van der Waals surface area contributed by atoms with E-state index >= 15 is 0 Å². The average molecular weight is 322 g/mol. The van der Waals surface area contributed by atoms with Crippen LogP contribution in [0.5, 0.6) is 0 Å². The number of aliphatic carboxylic acids is 1. The number of carbonyl (C=O) groups is 2. The smallest absolute Gasteiger partial charge is 0.407 e. The van der Waals surface area contributed by atoms with Gasteiger partial charge in [0.15, 0.2) is 0 Å². The molecule has 6 heteroatoms. The zero-order chi connectivity index (χ0) is 17.7. The molecule has 23 heavy (non-hydrogen) atoms. The van der Waals surface area contributed by atoms with Gasteiger partial charge in [-0.05, 0) is 50.8 Å². The van der Waals surface area contributed by atoms with E-state index in [0.717, 1.165) is 5.56 Å². The molecule has 0 saturated carbocycles. The van der Waals surface area contributed by atoms with Gasteiger partial charge in [-0.15, -0.1) is 0 Å². The molecule has 0 spiro atoms. The van der Waals surface area contributed by atoms with E-state index in [1.54, 1.807) is 45.3 Å². The minimum Gasteiger partial charge on any atom is -0.481 e. The summed E-state index contributed by atoms with van der Waals surface area (Å²) >= 11 is 0. The highest BCUT2D eigenvalue weighted by Gasteiger charge is 2.42. The van der Waals surface area contributed by atoms with E-state index in [0.29, 0.717) is 6.42 Å². The maximum atomic E-state index is 12.0. The van der Waals surface area contributed by atoms with Gasteiger partial charge in [0.25, 0.3) is 0 Å². The molecule has 128 valence electrons. The number of nitrogens with one attached hydrogen (secondary N) is 1. The van der Waals surface area contributed by atoms with Crippen LogP contribution in [0.2, 0.25) is 0 Å². The summed E-state index contributed by atoms with van der Waals surface area (Å²) in [6, 6.07) is 3.57. The second kappa shape index (κ2) is 7.44. The van der Waals surface area contributed by atoms with Gasteiger partial charge in [0.05, 0.1) is 5.41 Å². The molecular weight excluding hydrogens is 296 g/mol. The topological polar surface area (TPSA) is 88.5 Å². The van der Waals surface area contributed by atoms with Crippen LogP contribution in [-0.4, -0.2) is 34.3 Å². The van der Waals surface area contributed by atoms with Crippen molar-refractivity contribution in [3.05, 3.63) is 30.1 Å². The summed E-state index contributed by atoms with van der Waals surface area (Å²) in [5, 5.41) is 12.4. The third kappa shape index (κ3) is 5.54.